The van der Waals surface area contributed by atoms with Gasteiger partial charge < -0.3 is 4.42 Å². The van der Waals surface area contributed by atoms with E-state index >= 15 is 0 Å². The van der Waals surface area contributed by atoms with Gasteiger partial charge in [0.1, 0.15) is 11.6 Å². The Morgan fingerprint density at radius 3 is 2.62 bits per heavy atom. The number of rotatable bonds is 4. The Kier molecular flexibility index (Phi) is 6.15. The standard InChI is InChI=1S/C31H20ClFN2O2S2/c32-20-8-13-23(14-9-20)38-27-16-12-22(37-27)17-26-30(36)35-29(19-5-10-21(33)11-6-19)25-15-7-18-3-1-2-4-24(18)28(25)34-31(35)39-26/h1-6,8-14,16-17,29H,7,15H2/b26-17-/t29-/m1/s1. The van der Waals surface area contributed by atoms with Crippen molar-refractivity contribution in [3.8, 4) is 0 Å². The quantitative estimate of drug-likeness (QED) is 0.237. The minimum atomic E-state index is -0.347. The molecule has 3 aromatic carbocycles. The molecule has 0 bridgehead atoms. The van der Waals surface area contributed by atoms with Crippen molar-refractivity contribution in [1.82, 2.24) is 4.57 Å². The third kappa shape index (κ3) is 4.50. The second kappa shape index (κ2) is 9.83. The highest BCUT2D eigenvalue weighted by atomic mass is 35.5. The third-order valence-electron chi connectivity index (χ3n) is 6.97. The minimum absolute atomic E-state index is 0.137. The summed E-state index contributed by atoms with van der Waals surface area (Å²) in [5.41, 5.74) is 5.07. The molecule has 39 heavy (non-hydrogen) atoms. The smallest absolute Gasteiger partial charge is 0.271 e. The predicted molar refractivity (Wildman–Crippen MR) is 153 cm³/mol. The Labute approximate surface area is 236 Å². The molecule has 7 rings (SSSR count). The summed E-state index contributed by atoms with van der Waals surface area (Å²) in [5.74, 6) is 0.281. The number of benzene rings is 3. The van der Waals surface area contributed by atoms with Crippen molar-refractivity contribution in [2.45, 2.75) is 28.9 Å². The third-order valence-corrected chi connectivity index (χ3v) is 9.13. The maximum Gasteiger partial charge on any atom is 0.271 e. The molecular formula is C31H20ClFN2O2S2. The highest BCUT2D eigenvalue weighted by molar-refractivity contribution is 7.99. The summed E-state index contributed by atoms with van der Waals surface area (Å²) < 4.78 is 22.2. The van der Waals surface area contributed by atoms with Crippen LogP contribution < -0.4 is 14.9 Å². The van der Waals surface area contributed by atoms with E-state index in [2.05, 4.69) is 12.1 Å². The molecule has 0 saturated carbocycles. The average molecular weight is 571 g/mol. The number of allylic oxidation sites excluding steroid dienone is 1. The summed E-state index contributed by atoms with van der Waals surface area (Å²) in [6, 6.07) is 25.6. The summed E-state index contributed by atoms with van der Waals surface area (Å²) in [6.45, 7) is 0. The summed E-state index contributed by atoms with van der Waals surface area (Å²) in [6.07, 6.45) is 3.42. The van der Waals surface area contributed by atoms with Crippen molar-refractivity contribution in [2.75, 3.05) is 0 Å². The first-order valence-corrected chi connectivity index (χ1v) is 14.5. The molecule has 5 aromatic rings. The van der Waals surface area contributed by atoms with Crippen LogP contribution in [0.5, 0.6) is 0 Å². The fraction of sp³-hybridized carbons (Fsp3) is 0.0968. The van der Waals surface area contributed by atoms with E-state index in [1.807, 2.05) is 48.5 Å². The molecule has 1 aliphatic carbocycles. The van der Waals surface area contributed by atoms with Crippen LogP contribution in [0.2, 0.25) is 5.02 Å². The largest absolute Gasteiger partial charge is 0.450 e. The zero-order chi connectivity index (χ0) is 26.5. The summed E-state index contributed by atoms with van der Waals surface area (Å²) >= 11 is 8.82. The molecule has 192 valence electrons. The molecule has 0 spiro atoms. The SMILES string of the molecule is O=c1/c(=C/c2ccc(Sc3ccc(Cl)cc3)o2)sc2n1[C@H](c1ccc(F)cc1)C1=C(N=2)c2ccccc2CC1. The lowest BCUT2D eigenvalue weighted by Gasteiger charge is -2.30. The summed E-state index contributed by atoms with van der Waals surface area (Å²) in [5, 5.41) is 1.39. The average Bonchev–Trinajstić information content (AvgIpc) is 3.52. The Balaban J connectivity index is 1.34. The fourth-order valence-electron chi connectivity index (χ4n) is 5.18. The van der Waals surface area contributed by atoms with Crippen LogP contribution in [0.15, 0.2) is 115 Å². The van der Waals surface area contributed by atoms with E-state index in [4.69, 9.17) is 21.0 Å². The lowest BCUT2D eigenvalue weighted by Crippen LogP contribution is -2.38. The monoisotopic (exact) mass is 570 g/mol. The van der Waals surface area contributed by atoms with E-state index < -0.39 is 0 Å². The fourth-order valence-corrected chi connectivity index (χ4v) is 7.07. The van der Waals surface area contributed by atoms with E-state index in [0.717, 1.165) is 40.1 Å². The summed E-state index contributed by atoms with van der Waals surface area (Å²) in [4.78, 5) is 20.5. The van der Waals surface area contributed by atoms with Gasteiger partial charge in [-0.25, -0.2) is 9.38 Å². The van der Waals surface area contributed by atoms with Gasteiger partial charge in [-0.1, -0.05) is 71.1 Å². The molecule has 1 aliphatic heterocycles. The van der Waals surface area contributed by atoms with Crippen LogP contribution in [0.1, 0.15) is 34.9 Å². The first-order valence-electron chi connectivity index (χ1n) is 12.5. The van der Waals surface area contributed by atoms with Gasteiger partial charge >= 0.3 is 0 Å². The highest BCUT2D eigenvalue weighted by Crippen LogP contribution is 2.41. The first kappa shape index (κ1) is 24.4. The van der Waals surface area contributed by atoms with Crippen LogP contribution in [-0.2, 0) is 6.42 Å². The molecule has 0 amide bonds. The molecule has 0 unspecified atom stereocenters. The number of nitrogens with zero attached hydrogens (tertiary/aromatic N) is 2. The van der Waals surface area contributed by atoms with Crippen LogP contribution in [0.25, 0.3) is 11.8 Å². The van der Waals surface area contributed by atoms with E-state index in [0.29, 0.717) is 25.2 Å². The van der Waals surface area contributed by atoms with Crippen molar-refractivity contribution in [3.05, 3.63) is 143 Å². The minimum Gasteiger partial charge on any atom is -0.450 e. The van der Waals surface area contributed by atoms with Crippen molar-refractivity contribution >= 4 is 46.5 Å². The molecule has 2 aromatic heterocycles. The van der Waals surface area contributed by atoms with E-state index in [9.17, 15) is 9.18 Å². The Morgan fingerprint density at radius 2 is 1.79 bits per heavy atom. The first-order chi connectivity index (χ1) is 19.0. The van der Waals surface area contributed by atoms with Crippen LogP contribution in [-0.4, -0.2) is 4.57 Å². The normalized spacial score (nSPS) is 16.5. The predicted octanol–water partition coefficient (Wildman–Crippen LogP) is 6.86. The van der Waals surface area contributed by atoms with Crippen LogP contribution in [0.4, 0.5) is 4.39 Å². The molecule has 4 nitrogen and oxygen atoms in total. The number of aryl methyl sites for hydroxylation is 1. The van der Waals surface area contributed by atoms with Crippen molar-refractivity contribution in [1.29, 1.82) is 0 Å². The van der Waals surface area contributed by atoms with Crippen molar-refractivity contribution < 1.29 is 8.81 Å². The van der Waals surface area contributed by atoms with Gasteiger partial charge in [0, 0.05) is 21.6 Å². The number of fused-ring (bicyclic) bond motifs is 3. The van der Waals surface area contributed by atoms with Crippen LogP contribution >= 0.6 is 34.7 Å². The topological polar surface area (TPSA) is 47.5 Å². The van der Waals surface area contributed by atoms with Gasteiger partial charge in [-0.3, -0.25) is 9.36 Å². The second-order valence-electron chi connectivity index (χ2n) is 9.38. The number of furan rings is 1. The number of halogens is 2. The van der Waals surface area contributed by atoms with Gasteiger partial charge in [0.2, 0.25) is 0 Å². The van der Waals surface area contributed by atoms with Crippen molar-refractivity contribution in [2.24, 2.45) is 4.99 Å². The zero-order valence-electron chi connectivity index (χ0n) is 20.4. The number of aromatic nitrogens is 1. The zero-order valence-corrected chi connectivity index (χ0v) is 22.8. The Morgan fingerprint density at radius 1 is 1.00 bits per heavy atom. The Hall–Kier alpha value is -3.65. The number of thiazole rings is 1. The van der Waals surface area contributed by atoms with Crippen molar-refractivity contribution in [3.63, 3.8) is 0 Å². The van der Waals surface area contributed by atoms with E-state index in [-0.39, 0.29) is 17.4 Å². The molecular weight excluding hydrogens is 551 g/mol. The molecule has 0 saturated heterocycles. The van der Waals surface area contributed by atoms with Gasteiger partial charge in [0.25, 0.3) is 5.56 Å². The van der Waals surface area contributed by atoms with Crippen LogP contribution in [0, 0.1) is 5.82 Å². The van der Waals surface area contributed by atoms with E-state index in [1.54, 1.807) is 22.8 Å². The molecule has 2 aliphatic rings. The van der Waals surface area contributed by atoms with Gasteiger partial charge in [0.05, 0.1) is 16.3 Å². The summed E-state index contributed by atoms with van der Waals surface area (Å²) in [7, 11) is 0. The van der Waals surface area contributed by atoms with Crippen LogP contribution in [0.3, 0.4) is 0 Å². The van der Waals surface area contributed by atoms with E-state index in [1.165, 1.54) is 40.8 Å². The number of hydrogen-bond acceptors (Lipinski definition) is 5. The Bertz CT molecular complexity index is 1940. The molecule has 0 N–H and O–H groups in total. The van der Waals surface area contributed by atoms with Gasteiger partial charge in [-0.2, -0.15) is 0 Å². The maximum atomic E-state index is 13.8. The number of hydrogen-bond donors (Lipinski definition) is 0. The highest BCUT2D eigenvalue weighted by Gasteiger charge is 2.32. The second-order valence-corrected chi connectivity index (χ2v) is 11.9. The lowest BCUT2D eigenvalue weighted by molar-refractivity contribution is 0.466. The lowest BCUT2D eigenvalue weighted by atomic mass is 9.83. The molecule has 0 radical (unpaired) electrons. The molecule has 8 heteroatoms. The molecule has 3 heterocycles. The molecule has 1 atom stereocenters. The molecule has 0 fully saturated rings. The maximum absolute atomic E-state index is 13.8. The van der Waals surface area contributed by atoms with Gasteiger partial charge in [-0.15, -0.1) is 0 Å². The van der Waals surface area contributed by atoms with Gasteiger partial charge in [0.15, 0.2) is 9.89 Å². The van der Waals surface area contributed by atoms with Gasteiger partial charge in [-0.05, 0) is 78.1 Å².